The maximum Gasteiger partial charge on any atom is 0.333 e. The molecule has 0 radical (unpaired) electrons. The lowest BCUT2D eigenvalue weighted by Gasteiger charge is -2.39. The number of esters is 1. The van der Waals surface area contributed by atoms with Gasteiger partial charge in [0, 0.05) is 6.08 Å². The van der Waals surface area contributed by atoms with E-state index in [-0.39, 0.29) is 11.4 Å². The minimum absolute atomic E-state index is 0.0676. The highest BCUT2D eigenvalue weighted by atomic mass is 16.6. The van der Waals surface area contributed by atoms with Gasteiger partial charge in [-0.15, -0.1) is 0 Å². The van der Waals surface area contributed by atoms with Crippen LogP contribution in [0.1, 0.15) is 0 Å². The van der Waals surface area contributed by atoms with Crippen molar-refractivity contribution in [3.63, 3.8) is 0 Å². The van der Waals surface area contributed by atoms with Crippen molar-refractivity contribution in [3.05, 3.63) is 36.9 Å². The van der Waals surface area contributed by atoms with Crippen molar-refractivity contribution in [2.75, 3.05) is 4.90 Å². The Bertz CT molecular complexity index is 486. The van der Waals surface area contributed by atoms with Crippen LogP contribution in [0.25, 0.3) is 0 Å². The molecule has 1 heterocycles. The molecule has 1 atom stereocenters. The second-order valence-corrected chi connectivity index (χ2v) is 3.30. The molecule has 1 saturated heterocycles. The van der Waals surface area contributed by atoms with E-state index in [2.05, 4.69) is 11.9 Å². The van der Waals surface area contributed by atoms with Crippen molar-refractivity contribution < 1.29 is 19.4 Å². The average molecular weight is 234 g/mol. The van der Waals surface area contributed by atoms with Gasteiger partial charge in [0.2, 0.25) is 0 Å². The zero-order valence-electron chi connectivity index (χ0n) is 8.79. The fraction of sp³-hybridized carbons (Fsp3) is 0.0909. The van der Waals surface area contributed by atoms with Crippen LogP contribution >= 0.6 is 0 Å². The Morgan fingerprint density at radius 3 is 2.82 bits per heavy atom. The van der Waals surface area contributed by atoms with Crippen molar-refractivity contribution in [1.29, 1.82) is 0 Å². The fourth-order valence-corrected chi connectivity index (χ4v) is 1.42. The zero-order chi connectivity index (χ0) is 12.4. The molecule has 0 spiro atoms. The van der Waals surface area contributed by atoms with Crippen molar-refractivity contribution in [1.82, 2.24) is 5.32 Å². The normalized spacial score (nSPS) is 18.0. The van der Waals surface area contributed by atoms with Gasteiger partial charge in [0.15, 0.2) is 0 Å². The van der Waals surface area contributed by atoms with Gasteiger partial charge in [0.25, 0.3) is 6.35 Å². The highest BCUT2D eigenvalue weighted by Crippen LogP contribution is 2.31. The molecule has 2 N–H and O–H groups in total. The van der Waals surface area contributed by atoms with Crippen LogP contribution in [-0.4, -0.2) is 23.5 Å². The Labute approximate surface area is 97.1 Å². The number of urea groups is 1. The van der Waals surface area contributed by atoms with Crippen molar-refractivity contribution in [2.45, 2.75) is 6.35 Å². The number of carbonyl (C=O) groups excluding carboxylic acids is 2. The van der Waals surface area contributed by atoms with Gasteiger partial charge in [-0.05, 0) is 12.1 Å². The third-order valence-corrected chi connectivity index (χ3v) is 2.24. The summed E-state index contributed by atoms with van der Waals surface area (Å²) in [6.45, 7) is 3.25. The van der Waals surface area contributed by atoms with Crippen LogP contribution in [0.5, 0.6) is 5.75 Å². The summed E-state index contributed by atoms with van der Waals surface area (Å²) in [5.41, 5.74) is 0.276. The largest absolute Gasteiger partial charge is 0.506 e. The molecule has 6 heteroatoms. The Hall–Kier alpha value is -2.50. The quantitative estimate of drug-likeness (QED) is 0.602. The van der Waals surface area contributed by atoms with Gasteiger partial charge in [-0.3, -0.25) is 5.32 Å². The van der Waals surface area contributed by atoms with Gasteiger partial charge in [-0.2, -0.15) is 0 Å². The molecule has 1 fully saturated rings. The number of phenols is 1. The van der Waals surface area contributed by atoms with Gasteiger partial charge in [-0.1, -0.05) is 18.7 Å². The number of aromatic hydroxyl groups is 1. The molecule has 88 valence electrons. The summed E-state index contributed by atoms with van der Waals surface area (Å²) < 4.78 is 4.85. The van der Waals surface area contributed by atoms with Crippen molar-refractivity contribution >= 4 is 17.7 Å². The van der Waals surface area contributed by atoms with Gasteiger partial charge in [-0.25, -0.2) is 14.5 Å². The molecule has 17 heavy (non-hydrogen) atoms. The smallest absolute Gasteiger partial charge is 0.333 e. The topological polar surface area (TPSA) is 78.9 Å². The highest BCUT2D eigenvalue weighted by Gasteiger charge is 2.40. The number of benzene rings is 1. The molecule has 1 aromatic rings. The molecule has 2 amide bonds. The third-order valence-electron chi connectivity index (χ3n) is 2.24. The maximum atomic E-state index is 11.4. The number of hydrogen-bond donors (Lipinski definition) is 2. The van der Waals surface area contributed by atoms with Gasteiger partial charge in [0.1, 0.15) is 5.75 Å². The molecule has 2 rings (SSSR count). The lowest BCUT2D eigenvalue weighted by atomic mass is 10.2. The minimum atomic E-state index is -0.915. The Morgan fingerprint density at radius 1 is 1.53 bits per heavy atom. The number of nitrogens with one attached hydrogen (secondary N) is 1. The Balaban J connectivity index is 2.19. The number of ether oxygens (including phenoxy) is 1. The van der Waals surface area contributed by atoms with E-state index in [9.17, 15) is 14.7 Å². The summed E-state index contributed by atoms with van der Waals surface area (Å²) in [6, 6.07) is 5.82. The zero-order valence-corrected chi connectivity index (χ0v) is 8.79. The number of nitrogens with zero attached hydrogens (tertiary/aromatic N) is 1. The van der Waals surface area contributed by atoms with E-state index < -0.39 is 18.4 Å². The molecule has 0 bridgehead atoms. The van der Waals surface area contributed by atoms with E-state index in [0.29, 0.717) is 0 Å². The number of hydrogen-bond acceptors (Lipinski definition) is 4. The summed E-state index contributed by atoms with van der Waals surface area (Å²) in [4.78, 5) is 23.5. The molecule has 6 nitrogen and oxygen atoms in total. The number of amides is 2. The summed E-state index contributed by atoms with van der Waals surface area (Å²) in [5.74, 6) is -0.725. The first kappa shape index (κ1) is 11.0. The van der Waals surface area contributed by atoms with Crippen LogP contribution < -0.4 is 10.2 Å². The second-order valence-electron chi connectivity index (χ2n) is 3.30. The summed E-state index contributed by atoms with van der Waals surface area (Å²) >= 11 is 0. The maximum absolute atomic E-state index is 11.4. The van der Waals surface area contributed by atoms with Crippen LogP contribution in [0, 0.1) is 0 Å². The van der Waals surface area contributed by atoms with Crippen LogP contribution in [-0.2, 0) is 9.53 Å². The summed E-state index contributed by atoms with van der Waals surface area (Å²) in [6.07, 6.45) is 0.0781. The summed E-state index contributed by atoms with van der Waals surface area (Å²) in [7, 11) is 0. The number of para-hydroxylation sites is 2. The Morgan fingerprint density at radius 2 is 2.24 bits per heavy atom. The van der Waals surface area contributed by atoms with E-state index >= 15 is 0 Å². The lowest BCUT2D eigenvalue weighted by molar-refractivity contribution is -0.145. The van der Waals surface area contributed by atoms with Crippen molar-refractivity contribution in [2.24, 2.45) is 0 Å². The van der Waals surface area contributed by atoms with E-state index in [0.717, 1.165) is 11.0 Å². The number of rotatable bonds is 3. The van der Waals surface area contributed by atoms with Gasteiger partial charge >= 0.3 is 12.0 Å². The first-order chi connectivity index (χ1) is 8.13. The SMILES string of the molecule is C=CC(=O)OC1NC(=O)N1c1ccccc1O. The molecular weight excluding hydrogens is 224 g/mol. The van der Waals surface area contributed by atoms with E-state index in [1.807, 2.05) is 0 Å². The van der Waals surface area contributed by atoms with Crippen LogP contribution in [0.15, 0.2) is 36.9 Å². The van der Waals surface area contributed by atoms with Gasteiger partial charge < -0.3 is 9.84 Å². The number of phenolic OH excluding ortho intramolecular Hbond substituents is 1. The third kappa shape index (κ3) is 1.92. The molecule has 0 aromatic heterocycles. The standard InChI is InChI=1S/C11H10N2O4/c1-2-9(15)17-11-12-10(16)13(11)7-5-3-4-6-8(7)14/h2-6,11,14H,1H2,(H,12,16). The molecule has 1 aromatic carbocycles. The minimum Gasteiger partial charge on any atom is -0.506 e. The van der Waals surface area contributed by atoms with Crippen LogP contribution in [0.3, 0.4) is 0 Å². The predicted molar refractivity (Wildman–Crippen MR) is 59.2 cm³/mol. The first-order valence-corrected chi connectivity index (χ1v) is 4.84. The first-order valence-electron chi connectivity index (χ1n) is 4.84. The van der Waals surface area contributed by atoms with Crippen LogP contribution in [0.4, 0.5) is 10.5 Å². The van der Waals surface area contributed by atoms with Gasteiger partial charge in [0.05, 0.1) is 5.69 Å². The van der Waals surface area contributed by atoms with E-state index in [4.69, 9.17) is 4.74 Å². The molecule has 1 aliphatic heterocycles. The molecule has 1 unspecified atom stereocenters. The van der Waals surface area contributed by atoms with E-state index in [1.54, 1.807) is 18.2 Å². The van der Waals surface area contributed by atoms with Crippen molar-refractivity contribution in [3.8, 4) is 5.75 Å². The monoisotopic (exact) mass is 234 g/mol. The fourth-order valence-electron chi connectivity index (χ4n) is 1.42. The van der Waals surface area contributed by atoms with E-state index in [1.165, 1.54) is 6.07 Å². The molecule has 0 saturated carbocycles. The Kier molecular flexibility index (Phi) is 2.70. The lowest BCUT2D eigenvalue weighted by Crippen LogP contribution is -2.67. The number of carbonyl (C=O) groups is 2. The average Bonchev–Trinajstić information content (AvgIpc) is 2.31. The molecule has 0 aliphatic carbocycles. The predicted octanol–water partition coefficient (Wildman–Crippen LogP) is 0.935. The molecular formula is C11H10N2O4. The second kappa shape index (κ2) is 4.17. The number of anilines is 1. The summed E-state index contributed by atoms with van der Waals surface area (Å²) in [5, 5.41) is 12.0. The molecule has 1 aliphatic rings. The van der Waals surface area contributed by atoms with Crippen LogP contribution in [0.2, 0.25) is 0 Å². The highest BCUT2D eigenvalue weighted by molar-refractivity contribution is 6.00.